The third-order valence-electron chi connectivity index (χ3n) is 3.46. The lowest BCUT2D eigenvalue weighted by molar-refractivity contribution is -0.150. The number of piperazine rings is 1. The van der Waals surface area contributed by atoms with E-state index in [1.165, 1.54) is 0 Å². The Balaban J connectivity index is 1.96. The van der Waals surface area contributed by atoms with Crippen molar-refractivity contribution in [2.24, 2.45) is 0 Å². The van der Waals surface area contributed by atoms with Crippen LogP contribution >= 0.6 is 0 Å². The largest absolute Gasteiger partial charge is 0.480 e. The predicted octanol–water partition coefficient (Wildman–Crippen LogP) is 0.456. The fraction of sp³-hybridized carbons (Fsp3) is 0.429. The summed E-state index contributed by atoms with van der Waals surface area (Å²) < 4.78 is 0. The van der Waals surface area contributed by atoms with Gasteiger partial charge in [0.05, 0.1) is 6.54 Å². The highest BCUT2D eigenvalue weighted by Crippen LogP contribution is 2.10. The van der Waals surface area contributed by atoms with E-state index in [2.05, 4.69) is 0 Å². The van der Waals surface area contributed by atoms with E-state index in [4.69, 9.17) is 5.11 Å². The van der Waals surface area contributed by atoms with Crippen LogP contribution in [0.3, 0.4) is 0 Å². The summed E-state index contributed by atoms with van der Waals surface area (Å²) in [6.07, 6.45) is 0.753. The molecule has 1 amide bonds. The molecule has 0 aromatic heterocycles. The van der Waals surface area contributed by atoms with Crippen LogP contribution in [-0.4, -0.2) is 59.5 Å². The number of amides is 1. The molecule has 1 aromatic rings. The van der Waals surface area contributed by atoms with Gasteiger partial charge in [-0.1, -0.05) is 30.3 Å². The third kappa shape index (κ3) is 3.32. The molecule has 1 fully saturated rings. The number of benzene rings is 1. The first-order valence-electron chi connectivity index (χ1n) is 6.32. The lowest BCUT2D eigenvalue weighted by Gasteiger charge is -2.36. The van der Waals surface area contributed by atoms with Gasteiger partial charge in [0.1, 0.15) is 6.04 Å². The Hall–Kier alpha value is -1.88. The summed E-state index contributed by atoms with van der Waals surface area (Å²) in [5.74, 6) is -0.879. The zero-order valence-electron chi connectivity index (χ0n) is 11.0. The number of aliphatic carboxylic acids is 1. The predicted molar refractivity (Wildman–Crippen MR) is 70.8 cm³/mol. The highest BCUT2D eigenvalue weighted by atomic mass is 16.4. The van der Waals surface area contributed by atoms with E-state index in [-0.39, 0.29) is 19.0 Å². The van der Waals surface area contributed by atoms with E-state index >= 15 is 0 Å². The number of hydrogen-bond donors (Lipinski definition) is 1. The maximum atomic E-state index is 11.9. The van der Waals surface area contributed by atoms with Gasteiger partial charge in [-0.15, -0.1) is 0 Å². The van der Waals surface area contributed by atoms with Crippen LogP contribution in [0.2, 0.25) is 0 Å². The van der Waals surface area contributed by atoms with Gasteiger partial charge in [-0.2, -0.15) is 0 Å². The average molecular weight is 262 g/mol. The molecule has 0 radical (unpaired) electrons. The Morgan fingerprint density at radius 3 is 2.68 bits per heavy atom. The molecule has 19 heavy (non-hydrogen) atoms. The van der Waals surface area contributed by atoms with E-state index in [1.807, 2.05) is 30.3 Å². The summed E-state index contributed by atoms with van der Waals surface area (Å²) in [4.78, 5) is 26.2. The molecule has 1 aromatic carbocycles. The number of hydrogen-bond acceptors (Lipinski definition) is 3. The molecule has 102 valence electrons. The van der Waals surface area contributed by atoms with Crippen LogP contribution in [0.25, 0.3) is 0 Å². The Labute approximate surface area is 112 Å². The van der Waals surface area contributed by atoms with Crippen molar-refractivity contribution in [1.82, 2.24) is 9.80 Å². The Morgan fingerprint density at radius 1 is 1.37 bits per heavy atom. The summed E-state index contributed by atoms with van der Waals surface area (Å²) in [5.41, 5.74) is 1.15. The van der Waals surface area contributed by atoms with Crippen LogP contribution < -0.4 is 0 Å². The van der Waals surface area contributed by atoms with E-state index in [0.29, 0.717) is 6.54 Å². The Kier molecular flexibility index (Phi) is 4.16. The first kappa shape index (κ1) is 13.5. The molecule has 1 aliphatic rings. The minimum atomic E-state index is -0.875. The molecule has 1 heterocycles. The standard InChI is InChI=1S/C14H18N2O3/c1-15-10-13(17)16(9-12(15)14(18)19)8-7-11-5-3-2-4-6-11/h2-6,12H,7-10H2,1H3,(H,18,19). The zero-order chi connectivity index (χ0) is 13.8. The molecule has 2 rings (SSSR count). The van der Waals surface area contributed by atoms with Gasteiger partial charge < -0.3 is 10.0 Å². The molecule has 1 N–H and O–H groups in total. The number of rotatable bonds is 4. The number of carboxylic acid groups (broad SMARTS) is 1. The Bertz CT molecular complexity index is 461. The molecule has 5 nitrogen and oxygen atoms in total. The number of carbonyl (C=O) groups is 2. The van der Waals surface area contributed by atoms with Crippen LogP contribution in [0, 0.1) is 0 Å². The number of carboxylic acids is 1. The first-order valence-corrected chi connectivity index (χ1v) is 6.32. The molecular formula is C14H18N2O3. The lowest BCUT2D eigenvalue weighted by Crippen LogP contribution is -2.57. The van der Waals surface area contributed by atoms with Crippen molar-refractivity contribution < 1.29 is 14.7 Å². The topological polar surface area (TPSA) is 60.9 Å². The van der Waals surface area contributed by atoms with Crippen LogP contribution in [0.15, 0.2) is 30.3 Å². The van der Waals surface area contributed by atoms with E-state index in [1.54, 1.807) is 16.8 Å². The van der Waals surface area contributed by atoms with Gasteiger partial charge in [0.15, 0.2) is 0 Å². The minimum Gasteiger partial charge on any atom is -0.480 e. The van der Waals surface area contributed by atoms with E-state index in [0.717, 1.165) is 12.0 Å². The zero-order valence-corrected chi connectivity index (χ0v) is 11.0. The monoisotopic (exact) mass is 262 g/mol. The maximum absolute atomic E-state index is 11.9. The SMILES string of the molecule is CN1CC(=O)N(CCc2ccccc2)CC1C(=O)O. The second kappa shape index (κ2) is 5.84. The second-order valence-corrected chi connectivity index (χ2v) is 4.84. The highest BCUT2D eigenvalue weighted by molar-refractivity contribution is 5.83. The average Bonchev–Trinajstić information content (AvgIpc) is 2.38. The molecule has 5 heteroatoms. The Morgan fingerprint density at radius 2 is 2.05 bits per heavy atom. The van der Waals surface area contributed by atoms with Crippen LogP contribution in [0.1, 0.15) is 5.56 Å². The number of likely N-dealkylation sites (N-methyl/N-ethyl adjacent to an activating group) is 1. The quantitative estimate of drug-likeness (QED) is 0.856. The van der Waals surface area contributed by atoms with E-state index in [9.17, 15) is 9.59 Å². The van der Waals surface area contributed by atoms with Crippen LogP contribution in [-0.2, 0) is 16.0 Å². The van der Waals surface area contributed by atoms with Crippen molar-refractivity contribution in [3.05, 3.63) is 35.9 Å². The highest BCUT2D eigenvalue weighted by Gasteiger charge is 2.33. The molecule has 1 saturated heterocycles. The van der Waals surface area contributed by atoms with Gasteiger partial charge in [0.25, 0.3) is 0 Å². The van der Waals surface area contributed by atoms with Crippen molar-refractivity contribution in [2.75, 3.05) is 26.7 Å². The smallest absolute Gasteiger partial charge is 0.322 e. The van der Waals surface area contributed by atoms with Crippen molar-refractivity contribution in [3.63, 3.8) is 0 Å². The summed E-state index contributed by atoms with van der Waals surface area (Å²) >= 11 is 0. The van der Waals surface area contributed by atoms with Crippen molar-refractivity contribution in [3.8, 4) is 0 Å². The normalized spacial score (nSPS) is 20.6. The fourth-order valence-electron chi connectivity index (χ4n) is 2.26. The van der Waals surface area contributed by atoms with E-state index < -0.39 is 12.0 Å². The molecule has 0 saturated carbocycles. The molecule has 1 unspecified atom stereocenters. The summed E-state index contributed by atoms with van der Waals surface area (Å²) in [6.45, 7) is 1.00. The van der Waals surface area contributed by atoms with Gasteiger partial charge in [-0.25, -0.2) is 0 Å². The molecule has 1 atom stereocenters. The lowest BCUT2D eigenvalue weighted by atomic mass is 10.1. The third-order valence-corrected chi connectivity index (χ3v) is 3.46. The molecule has 1 aliphatic heterocycles. The molecule has 0 aliphatic carbocycles. The van der Waals surface area contributed by atoms with Gasteiger partial charge in [-0.3, -0.25) is 14.5 Å². The van der Waals surface area contributed by atoms with Crippen molar-refractivity contribution in [2.45, 2.75) is 12.5 Å². The van der Waals surface area contributed by atoms with Gasteiger partial charge in [0.2, 0.25) is 5.91 Å². The van der Waals surface area contributed by atoms with Crippen molar-refractivity contribution >= 4 is 11.9 Å². The minimum absolute atomic E-state index is 0.00377. The van der Waals surface area contributed by atoms with Crippen LogP contribution in [0.5, 0.6) is 0 Å². The molecular weight excluding hydrogens is 244 g/mol. The van der Waals surface area contributed by atoms with Crippen molar-refractivity contribution in [1.29, 1.82) is 0 Å². The number of carbonyl (C=O) groups excluding carboxylic acids is 1. The fourth-order valence-corrected chi connectivity index (χ4v) is 2.26. The summed E-state index contributed by atoms with van der Waals surface area (Å²) in [6, 6.07) is 9.28. The van der Waals surface area contributed by atoms with Gasteiger partial charge in [0, 0.05) is 13.1 Å². The van der Waals surface area contributed by atoms with Gasteiger partial charge in [-0.05, 0) is 19.0 Å². The second-order valence-electron chi connectivity index (χ2n) is 4.84. The summed E-state index contributed by atoms with van der Waals surface area (Å²) in [7, 11) is 1.67. The molecule has 0 bridgehead atoms. The number of nitrogens with zero attached hydrogens (tertiary/aromatic N) is 2. The van der Waals surface area contributed by atoms with Crippen LogP contribution in [0.4, 0.5) is 0 Å². The first-order chi connectivity index (χ1) is 9.08. The molecule has 0 spiro atoms. The van der Waals surface area contributed by atoms with Gasteiger partial charge >= 0.3 is 5.97 Å². The maximum Gasteiger partial charge on any atom is 0.322 e. The summed E-state index contributed by atoms with van der Waals surface area (Å²) in [5, 5.41) is 9.12.